The fourth-order valence-electron chi connectivity index (χ4n) is 4.54. The highest BCUT2D eigenvalue weighted by Gasteiger charge is 2.31. The summed E-state index contributed by atoms with van der Waals surface area (Å²) in [6.45, 7) is 7.06. The third-order valence-electron chi connectivity index (χ3n) is 6.16. The largest absolute Gasteiger partial charge is 0.462 e. The number of carbonyl (C=O) groups excluding carboxylic acids is 2. The fraction of sp³-hybridized carbons (Fsp3) is 0.522. The summed E-state index contributed by atoms with van der Waals surface area (Å²) in [6.07, 6.45) is 4.34. The molecular formula is C23H28FN3O4. The smallest absolute Gasteiger partial charge is 0.343 e. The lowest BCUT2D eigenvalue weighted by Crippen LogP contribution is -2.30. The van der Waals surface area contributed by atoms with E-state index in [1.807, 2.05) is 16.4 Å². The Morgan fingerprint density at radius 3 is 2.68 bits per heavy atom. The number of halogens is 1. The highest BCUT2D eigenvalue weighted by molar-refractivity contribution is 5.96. The molecule has 1 aliphatic carbocycles. The number of hydrogen-bond acceptors (Lipinski definition) is 5. The van der Waals surface area contributed by atoms with E-state index >= 15 is 4.39 Å². The van der Waals surface area contributed by atoms with Gasteiger partial charge in [0.1, 0.15) is 11.4 Å². The van der Waals surface area contributed by atoms with Gasteiger partial charge >= 0.3 is 5.97 Å². The van der Waals surface area contributed by atoms with Crippen LogP contribution in [0.4, 0.5) is 10.1 Å². The normalized spacial score (nSPS) is 18.5. The molecule has 1 N–H and O–H groups in total. The minimum Gasteiger partial charge on any atom is -0.462 e. The van der Waals surface area contributed by atoms with Gasteiger partial charge in [-0.15, -0.1) is 0 Å². The van der Waals surface area contributed by atoms with Crippen LogP contribution in [0.5, 0.6) is 0 Å². The zero-order valence-electron chi connectivity index (χ0n) is 18.2. The van der Waals surface area contributed by atoms with Crippen LogP contribution in [0, 0.1) is 18.7 Å². The number of carbonyl (C=O) groups is 2. The van der Waals surface area contributed by atoms with Crippen LogP contribution < -0.4 is 15.6 Å². The number of nitrogens with one attached hydrogen (secondary N) is 1. The number of aryl methyl sites for hydroxylation is 1. The summed E-state index contributed by atoms with van der Waals surface area (Å²) in [4.78, 5) is 38.6. The molecule has 4 rings (SSSR count). The van der Waals surface area contributed by atoms with Gasteiger partial charge in [0.2, 0.25) is 11.3 Å². The molecule has 31 heavy (non-hydrogen) atoms. The van der Waals surface area contributed by atoms with Crippen molar-refractivity contribution in [2.45, 2.75) is 46.1 Å². The van der Waals surface area contributed by atoms with Gasteiger partial charge in [-0.2, -0.15) is 0 Å². The molecule has 1 aromatic carbocycles. The number of fused-ring (bicyclic) bond motifs is 1. The van der Waals surface area contributed by atoms with Gasteiger partial charge in [0, 0.05) is 44.2 Å². The second-order valence-corrected chi connectivity index (χ2v) is 8.50. The zero-order valence-corrected chi connectivity index (χ0v) is 18.2. The quantitative estimate of drug-likeness (QED) is 0.715. The number of esters is 1. The molecule has 166 valence electrons. The Hall–Kier alpha value is -2.90. The van der Waals surface area contributed by atoms with E-state index in [-0.39, 0.29) is 35.4 Å². The number of pyridine rings is 1. The third-order valence-corrected chi connectivity index (χ3v) is 6.16. The van der Waals surface area contributed by atoms with Gasteiger partial charge < -0.3 is 19.5 Å². The Bertz CT molecular complexity index is 1110. The van der Waals surface area contributed by atoms with Crippen molar-refractivity contribution in [3.8, 4) is 0 Å². The number of rotatable bonds is 6. The van der Waals surface area contributed by atoms with Crippen molar-refractivity contribution < 1.29 is 18.7 Å². The molecule has 1 unspecified atom stereocenters. The lowest BCUT2D eigenvalue weighted by atomic mass is 10.0. The van der Waals surface area contributed by atoms with Crippen LogP contribution in [0.2, 0.25) is 0 Å². The molecule has 1 saturated heterocycles. The molecule has 7 nitrogen and oxygen atoms in total. The first-order valence-corrected chi connectivity index (χ1v) is 10.9. The summed E-state index contributed by atoms with van der Waals surface area (Å²) in [5, 5.41) is 3.05. The van der Waals surface area contributed by atoms with Gasteiger partial charge in [-0.1, -0.05) is 0 Å². The zero-order chi connectivity index (χ0) is 22.3. The maximum Gasteiger partial charge on any atom is 0.343 e. The van der Waals surface area contributed by atoms with Crippen LogP contribution in [-0.4, -0.2) is 42.7 Å². The number of amides is 1. The van der Waals surface area contributed by atoms with Gasteiger partial charge in [-0.3, -0.25) is 9.59 Å². The Kier molecular flexibility index (Phi) is 5.73. The molecule has 0 spiro atoms. The molecule has 0 radical (unpaired) electrons. The SMILES string of the molecule is CCOC(=O)c1cn(C2CC2)c2c(C)c(N3CCC(CNC(C)=O)C3)c(F)cc2c1=O. The number of nitrogens with zero attached hydrogens (tertiary/aromatic N) is 2. The van der Waals surface area contributed by atoms with E-state index in [0.717, 1.165) is 19.3 Å². The van der Waals surface area contributed by atoms with Crippen LogP contribution in [0.1, 0.15) is 55.1 Å². The van der Waals surface area contributed by atoms with Crippen molar-refractivity contribution >= 4 is 28.5 Å². The minimum absolute atomic E-state index is 0.0515. The predicted octanol–water partition coefficient (Wildman–Crippen LogP) is 2.92. The molecule has 0 bridgehead atoms. The van der Waals surface area contributed by atoms with Crippen LogP contribution in [0.15, 0.2) is 17.1 Å². The first kappa shape index (κ1) is 21.3. The number of aromatic nitrogens is 1. The van der Waals surface area contributed by atoms with Crippen LogP contribution >= 0.6 is 0 Å². The second-order valence-electron chi connectivity index (χ2n) is 8.50. The Morgan fingerprint density at radius 1 is 1.29 bits per heavy atom. The average Bonchev–Trinajstić information content (AvgIpc) is 3.46. The molecule has 1 saturated carbocycles. The van der Waals surface area contributed by atoms with Crippen molar-refractivity contribution in [1.82, 2.24) is 9.88 Å². The van der Waals surface area contributed by atoms with Crippen LogP contribution in [0.3, 0.4) is 0 Å². The molecular weight excluding hydrogens is 401 g/mol. The van der Waals surface area contributed by atoms with Gasteiger partial charge in [0.25, 0.3) is 0 Å². The summed E-state index contributed by atoms with van der Waals surface area (Å²) >= 11 is 0. The maximum atomic E-state index is 15.3. The highest BCUT2D eigenvalue weighted by Crippen LogP contribution is 2.40. The summed E-state index contributed by atoms with van der Waals surface area (Å²) < 4.78 is 22.3. The van der Waals surface area contributed by atoms with Crippen LogP contribution in [0.25, 0.3) is 10.9 Å². The topological polar surface area (TPSA) is 80.6 Å². The molecule has 2 heterocycles. The van der Waals surface area contributed by atoms with Crippen molar-refractivity contribution in [2.75, 3.05) is 31.1 Å². The monoisotopic (exact) mass is 429 g/mol. The first-order chi connectivity index (χ1) is 14.8. The molecule has 1 aliphatic heterocycles. The molecule has 2 fully saturated rings. The van der Waals surface area contributed by atoms with E-state index in [2.05, 4.69) is 5.32 Å². The van der Waals surface area contributed by atoms with Gasteiger partial charge in [0.05, 0.1) is 17.8 Å². The Morgan fingerprint density at radius 2 is 2.03 bits per heavy atom. The average molecular weight is 429 g/mol. The van der Waals surface area contributed by atoms with E-state index in [4.69, 9.17) is 4.74 Å². The lowest BCUT2D eigenvalue weighted by Gasteiger charge is -2.24. The molecule has 1 aromatic heterocycles. The number of hydrogen-bond donors (Lipinski definition) is 1. The summed E-state index contributed by atoms with van der Waals surface area (Å²) in [5.41, 5.74) is 1.33. The maximum absolute atomic E-state index is 15.3. The third kappa shape index (κ3) is 4.03. The summed E-state index contributed by atoms with van der Waals surface area (Å²) in [6, 6.07) is 1.46. The van der Waals surface area contributed by atoms with E-state index in [1.54, 1.807) is 13.1 Å². The molecule has 8 heteroatoms. The van der Waals surface area contributed by atoms with Crippen molar-refractivity contribution in [3.63, 3.8) is 0 Å². The molecule has 1 amide bonds. The first-order valence-electron chi connectivity index (χ1n) is 10.9. The van der Waals surface area contributed by atoms with Crippen molar-refractivity contribution in [1.29, 1.82) is 0 Å². The van der Waals surface area contributed by atoms with Crippen LogP contribution in [-0.2, 0) is 9.53 Å². The van der Waals surface area contributed by atoms with E-state index in [9.17, 15) is 14.4 Å². The standard InChI is InChI=1S/C23H28FN3O4/c1-4-31-23(30)18-12-27(16-5-6-16)20-13(2)21(19(24)9-17(20)22(18)29)26-8-7-15(11-26)10-25-14(3)28/h9,12,15-16H,4-8,10-11H2,1-3H3,(H,25,28). The fourth-order valence-corrected chi connectivity index (χ4v) is 4.54. The van der Waals surface area contributed by atoms with Gasteiger partial charge in [-0.05, 0) is 50.7 Å². The predicted molar refractivity (Wildman–Crippen MR) is 116 cm³/mol. The molecule has 2 aromatic rings. The van der Waals surface area contributed by atoms with E-state index in [1.165, 1.54) is 13.0 Å². The molecule has 2 aliphatic rings. The lowest BCUT2D eigenvalue weighted by molar-refractivity contribution is -0.119. The van der Waals surface area contributed by atoms with E-state index in [0.29, 0.717) is 36.4 Å². The Labute approximate surface area is 180 Å². The minimum atomic E-state index is -0.675. The number of benzene rings is 1. The molecule has 1 atom stereocenters. The van der Waals surface area contributed by atoms with E-state index < -0.39 is 17.2 Å². The summed E-state index contributed by atoms with van der Waals surface area (Å²) in [5.74, 6) is -0.968. The van der Waals surface area contributed by atoms with Gasteiger partial charge in [-0.25, -0.2) is 9.18 Å². The summed E-state index contributed by atoms with van der Waals surface area (Å²) in [7, 11) is 0. The number of ether oxygens (including phenoxy) is 1. The van der Waals surface area contributed by atoms with Crippen molar-refractivity contribution in [2.24, 2.45) is 5.92 Å². The van der Waals surface area contributed by atoms with Gasteiger partial charge in [0.15, 0.2) is 0 Å². The number of anilines is 1. The second kappa shape index (κ2) is 8.32. The highest BCUT2D eigenvalue weighted by atomic mass is 19.1. The van der Waals surface area contributed by atoms with Crippen molar-refractivity contribution in [3.05, 3.63) is 39.4 Å². The Balaban J connectivity index is 1.79.